The van der Waals surface area contributed by atoms with Gasteiger partial charge in [0.05, 0.1) is 5.69 Å². The lowest BCUT2D eigenvalue weighted by Gasteiger charge is -2.18. The molecule has 6 heteroatoms. The first kappa shape index (κ1) is 16.4. The Kier molecular flexibility index (Phi) is 6.10. The largest absolute Gasteiger partial charge is 0.478 e. The Balaban J connectivity index is 0.00000220. The van der Waals surface area contributed by atoms with Crippen LogP contribution >= 0.6 is 12.4 Å². The molecule has 5 nitrogen and oxygen atoms in total. The molecule has 0 spiro atoms. The van der Waals surface area contributed by atoms with Gasteiger partial charge >= 0.3 is 5.97 Å². The summed E-state index contributed by atoms with van der Waals surface area (Å²) in [6, 6.07) is 11.9. The summed E-state index contributed by atoms with van der Waals surface area (Å²) in [4.78, 5) is 28.2. The van der Waals surface area contributed by atoms with E-state index in [0.717, 1.165) is 6.08 Å². The molecule has 2 aromatic rings. The van der Waals surface area contributed by atoms with E-state index in [0.29, 0.717) is 11.3 Å². The van der Waals surface area contributed by atoms with Crippen molar-refractivity contribution in [1.29, 1.82) is 0 Å². The van der Waals surface area contributed by atoms with E-state index in [9.17, 15) is 9.59 Å². The third kappa shape index (κ3) is 4.43. The zero-order valence-electron chi connectivity index (χ0n) is 10.9. The quantitative estimate of drug-likeness (QED) is 0.882. The fraction of sp³-hybridized carbons (Fsp3) is 0. The van der Waals surface area contributed by atoms with Crippen LogP contribution in [0.15, 0.2) is 67.1 Å². The van der Waals surface area contributed by atoms with Crippen molar-refractivity contribution in [2.45, 2.75) is 0 Å². The van der Waals surface area contributed by atoms with E-state index in [2.05, 4.69) is 4.98 Å². The smallest absolute Gasteiger partial charge is 0.329 e. The summed E-state index contributed by atoms with van der Waals surface area (Å²) < 4.78 is 0. The highest BCUT2D eigenvalue weighted by atomic mass is 35.5. The van der Waals surface area contributed by atoms with E-state index in [1.54, 1.807) is 42.5 Å². The number of hydrogen-bond acceptors (Lipinski definition) is 3. The van der Waals surface area contributed by atoms with E-state index >= 15 is 0 Å². The van der Waals surface area contributed by atoms with Crippen molar-refractivity contribution in [3.8, 4) is 0 Å². The van der Waals surface area contributed by atoms with Gasteiger partial charge in [0.15, 0.2) is 0 Å². The van der Waals surface area contributed by atoms with E-state index < -0.39 is 5.97 Å². The lowest BCUT2D eigenvalue weighted by Crippen LogP contribution is -2.25. The van der Waals surface area contributed by atoms with Gasteiger partial charge in [-0.15, -0.1) is 12.4 Å². The van der Waals surface area contributed by atoms with E-state index in [1.807, 2.05) is 0 Å². The van der Waals surface area contributed by atoms with Crippen LogP contribution < -0.4 is 4.90 Å². The van der Waals surface area contributed by atoms with E-state index in [4.69, 9.17) is 5.11 Å². The molecule has 1 amide bonds. The van der Waals surface area contributed by atoms with Gasteiger partial charge in [0, 0.05) is 30.2 Å². The number of amides is 1. The molecule has 2 rings (SSSR count). The Hall–Kier alpha value is -2.66. The molecule has 0 unspecified atom stereocenters. The summed E-state index contributed by atoms with van der Waals surface area (Å²) in [6.07, 6.45) is 5.22. The van der Waals surface area contributed by atoms with Crippen LogP contribution in [0.3, 0.4) is 0 Å². The molecule has 0 radical (unpaired) electrons. The summed E-state index contributed by atoms with van der Waals surface area (Å²) in [5.41, 5.74) is 1.02. The Morgan fingerprint density at radius 2 is 1.67 bits per heavy atom. The van der Waals surface area contributed by atoms with Crippen LogP contribution in [0.4, 0.5) is 5.69 Å². The van der Waals surface area contributed by atoms with Gasteiger partial charge in [-0.05, 0) is 24.3 Å². The number of hydrogen-bond donors (Lipinski definition) is 1. The Morgan fingerprint density at radius 3 is 2.24 bits per heavy atom. The van der Waals surface area contributed by atoms with Gasteiger partial charge in [-0.1, -0.05) is 18.2 Å². The SMILES string of the molecule is Cl.O=C(O)/C=C/N(C(=O)c1ccccc1)c1ccncc1. The lowest BCUT2D eigenvalue weighted by atomic mass is 10.2. The van der Waals surface area contributed by atoms with Crippen molar-refractivity contribution < 1.29 is 14.7 Å². The maximum atomic E-state index is 12.4. The molecule has 0 bridgehead atoms. The maximum Gasteiger partial charge on any atom is 0.329 e. The molecule has 1 heterocycles. The number of aromatic nitrogens is 1. The van der Waals surface area contributed by atoms with Crippen LogP contribution in [-0.4, -0.2) is 22.0 Å². The first-order valence-corrected chi connectivity index (χ1v) is 5.88. The minimum atomic E-state index is -1.12. The molecule has 21 heavy (non-hydrogen) atoms. The molecule has 1 aromatic carbocycles. The van der Waals surface area contributed by atoms with Crippen molar-refractivity contribution in [2.24, 2.45) is 0 Å². The second kappa shape index (κ2) is 7.81. The number of carbonyl (C=O) groups is 2. The molecule has 0 aliphatic carbocycles. The highest BCUT2D eigenvalue weighted by molar-refractivity contribution is 6.07. The number of pyridine rings is 1. The van der Waals surface area contributed by atoms with Gasteiger partial charge in [-0.3, -0.25) is 14.7 Å². The summed E-state index contributed by atoms with van der Waals surface area (Å²) in [5, 5.41) is 8.72. The second-order valence-electron chi connectivity index (χ2n) is 3.90. The van der Waals surface area contributed by atoms with E-state index in [-0.39, 0.29) is 18.3 Å². The van der Waals surface area contributed by atoms with Crippen LogP contribution in [0.25, 0.3) is 0 Å². The topological polar surface area (TPSA) is 70.5 Å². The lowest BCUT2D eigenvalue weighted by molar-refractivity contribution is -0.131. The van der Waals surface area contributed by atoms with Crippen molar-refractivity contribution in [1.82, 2.24) is 4.98 Å². The number of carboxylic acid groups (broad SMARTS) is 1. The Labute approximate surface area is 128 Å². The number of anilines is 1. The van der Waals surface area contributed by atoms with E-state index in [1.165, 1.54) is 23.5 Å². The molecule has 0 atom stereocenters. The third-order valence-electron chi connectivity index (χ3n) is 2.55. The molecule has 1 N–H and O–H groups in total. The van der Waals surface area contributed by atoms with Crippen molar-refractivity contribution in [2.75, 3.05) is 4.90 Å². The highest BCUT2D eigenvalue weighted by Gasteiger charge is 2.15. The van der Waals surface area contributed by atoms with Crippen molar-refractivity contribution in [3.63, 3.8) is 0 Å². The first-order chi connectivity index (χ1) is 9.68. The number of benzene rings is 1. The minimum Gasteiger partial charge on any atom is -0.478 e. The number of carboxylic acids is 1. The summed E-state index contributed by atoms with van der Waals surface area (Å²) in [6.45, 7) is 0. The van der Waals surface area contributed by atoms with Gasteiger partial charge < -0.3 is 5.11 Å². The molecule has 0 aliphatic heterocycles. The minimum absolute atomic E-state index is 0. The van der Waals surface area contributed by atoms with Gasteiger partial charge in [-0.25, -0.2) is 4.79 Å². The molecule has 0 fully saturated rings. The first-order valence-electron chi connectivity index (χ1n) is 5.88. The van der Waals surface area contributed by atoms with Crippen LogP contribution in [0.5, 0.6) is 0 Å². The van der Waals surface area contributed by atoms with Crippen LogP contribution in [-0.2, 0) is 4.79 Å². The van der Waals surface area contributed by atoms with Crippen LogP contribution in [0.1, 0.15) is 10.4 Å². The summed E-state index contributed by atoms with van der Waals surface area (Å²) in [5.74, 6) is -1.43. The molecular weight excluding hydrogens is 292 g/mol. The number of aliphatic carboxylic acids is 1. The zero-order valence-corrected chi connectivity index (χ0v) is 11.7. The molecule has 0 saturated carbocycles. The average Bonchev–Trinajstić information content (AvgIpc) is 2.49. The van der Waals surface area contributed by atoms with Gasteiger partial charge in [-0.2, -0.15) is 0 Å². The molecule has 1 aromatic heterocycles. The number of nitrogens with zero attached hydrogens (tertiary/aromatic N) is 2. The van der Waals surface area contributed by atoms with Crippen molar-refractivity contribution >= 4 is 30.0 Å². The molecule has 0 aliphatic rings. The fourth-order valence-corrected chi connectivity index (χ4v) is 1.63. The number of halogens is 1. The Morgan fingerprint density at radius 1 is 1.05 bits per heavy atom. The average molecular weight is 305 g/mol. The maximum absolute atomic E-state index is 12.4. The molecular formula is C15H13ClN2O3. The number of rotatable bonds is 4. The predicted molar refractivity (Wildman–Crippen MR) is 81.5 cm³/mol. The molecule has 0 saturated heterocycles. The summed E-state index contributed by atoms with van der Waals surface area (Å²) >= 11 is 0. The number of carbonyl (C=O) groups excluding carboxylic acids is 1. The van der Waals surface area contributed by atoms with Gasteiger partial charge in [0.25, 0.3) is 5.91 Å². The highest BCUT2D eigenvalue weighted by Crippen LogP contribution is 2.16. The fourth-order valence-electron chi connectivity index (χ4n) is 1.63. The molecule has 108 valence electrons. The normalized spacial score (nSPS) is 9.90. The predicted octanol–water partition coefficient (Wildman–Crippen LogP) is 2.75. The summed E-state index contributed by atoms with van der Waals surface area (Å²) in [7, 11) is 0. The van der Waals surface area contributed by atoms with Crippen LogP contribution in [0.2, 0.25) is 0 Å². The van der Waals surface area contributed by atoms with Crippen LogP contribution in [0, 0.1) is 0 Å². The standard InChI is InChI=1S/C15H12N2O3.ClH/c18-14(19)8-11-17(13-6-9-16-10-7-13)15(20)12-4-2-1-3-5-12;/h1-11H,(H,18,19);1H/b11-8+;. The monoisotopic (exact) mass is 304 g/mol. The van der Waals surface area contributed by atoms with Gasteiger partial charge in [0.1, 0.15) is 0 Å². The zero-order chi connectivity index (χ0) is 14.4. The van der Waals surface area contributed by atoms with Crippen molar-refractivity contribution in [3.05, 3.63) is 72.7 Å². The Bertz CT molecular complexity index is 630. The second-order valence-corrected chi connectivity index (χ2v) is 3.90. The van der Waals surface area contributed by atoms with Gasteiger partial charge in [0.2, 0.25) is 0 Å². The third-order valence-corrected chi connectivity index (χ3v) is 2.55.